The fourth-order valence-corrected chi connectivity index (χ4v) is 3.99. The van der Waals surface area contributed by atoms with Crippen LogP contribution in [-0.2, 0) is 15.5 Å². The van der Waals surface area contributed by atoms with Gasteiger partial charge in [-0.05, 0) is 25.1 Å². The minimum Gasteiger partial charge on any atom is -0.497 e. The molecule has 28 heavy (non-hydrogen) atoms. The lowest BCUT2D eigenvalue weighted by atomic mass is 10.1. The van der Waals surface area contributed by atoms with Crippen LogP contribution in [0.4, 0.5) is 0 Å². The van der Waals surface area contributed by atoms with Crippen molar-refractivity contribution in [3.8, 4) is 22.8 Å². The zero-order valence-electron chi connectivity index (χ0n) is 15.6. The highest BCUT2D eigenvalue weighted by Gasteiger charge is 2.24. The molecule has 0 fully saturated rings. The summed E-state index contributed by atoms with van der Waals surface area (Å²) in [7, 11) is 1.41. The molecule has 8 nitrogen and oxygen atoms in total. The molecule has 0 saturated carbocycles. The molecule has 1 aromatic heterocycles. The van der Waals surface area contributed by atoms with E-state index in [1.54, 1.807) is 49.4 Å². The fraction of sp³-hybridized carbons (Fsp3) is 0.211. The summed E-state index contributed by atoms with van der Waals surface area (Å²) < 4.78 is 29.0. The first kappa shape index (κ1) is 19.6. The number of esters is 1. The van der Waals surface area contributed by atoms with E-state index in [1.165, 1.54) is 14.2 Å². The van der Waals surface area contributed by atoms with Crippen LogP contribution in [0.1, 0.15) is 17.4 Å². The lowest BCUT2D eigenvalue weighted by Gasteiger charge is -2.12. The van der Waals surface area contributed by atoms with Gasteiger partial charge in [0.15, 0.2) is 5.69 Å². The van der Waals surface area contributed by atoms with Gasteiger partial charge in [0, 0.05) is 11.6 Å². The highest BCUT2D eigenvalue weighted by atomic mass is 32.2. The third-order valence-electron chi connectivity index (χ3n) is 3.93. The molecule has 1 heterocycles. The summed E-state index contributed by atoms with van der Waals surface area (Å²) in [5.41, 5.74) is 0.802. The molecule has 0 aliphatic rings. The average molecular weight is 401 g/mol. The number of ether oxygens (including phenoxy) is 3. The largest absolute Gasteiger partial charge is 0.497 e. The van der Waals surface area contributed by atoms with Gasteiger partial charge in [0.1, 0.15) is 17.2 Å². The smallest absolute Gasteiger partial charge is 0.361 e. The summed E-state index contributed by atoms with van der Waals surface area (Å²) in [6, 6.07) is 12.0. The average Bonchev–Trinajstić information content (AvgIpc) is 3.22. The molecular weight excluding hydrogens is 382 g/mol. The summed E-state index contributed by atoms with van der Waals surface area (Å²) in [5, 5.41) is 10.4. The Hall–Kier alpha value is -3.20. The van der Waals surface area contributed by atoms with Gasteiger partial charge >= 0.3 is 5.97 Å². The molecule has 0 aliphatic heterocycles. The monoisotopic (exact) mass is 401 g/mol. The first-order valence-electron chi connectivity index (χ1n) is 8.41. The maximum absolute atomic E-state index is 13.4. The molecule has 0 amide bonds. The summed E-state index contributed by atoms with van der Waals surface area (Å²) in [6.45, 7) is 1.91. The quantitative estimate of drug-likeness (QED) is 0.607. The standard InChI is InChI=1S/C19H19N3O5S/c1-4-27-19(23)18-17(20-22-21-18)13-7-5-6-8-15(13)28(24)16-11-12(25-2)9-10-14(16)26-3/h5-11H,4H2,1-3H3,(H,20,21,22). The van der Waals surface area contributed by atoms with Gasteiger partial charge in [-0.2, -0.15) is 10.3 Å². The number of benzene rings is 2. The van der Waals surface area contributed by atoms with Gasteiger partial charge in [-0.25, -0.2) is 9.00 Å². The first-order chi connectivity index (χ1) is 13.6. The van der Waals surface area contributed by atoms with Crippen molar-refractivity contribution in [2.75, 3.05) is 20.8 Å². The van der Waals surface area contributed by atoms with Crippen LogP contribution in [0.15, 0.2) is 52.3 Å². The number of nitrogens with zero attached hydrogens (tertiary/aromatic N) is 2. The zero-order chi connectivity index (χ0) is 20.1. The molecule has 2 aromatic carbocycles. The molecule has 3 aromatic rings. The summed E-state index contributed by atoms with van der Waals surface area (Å²) in [5.74, 6) is 0.404. The molecule has 3 rings (SSSR count). The molecule has 146 valence electrons. The normalized spacial score (nSPS) is 11.7. The summed E-state index contributed by atoms with van der Waals surface area (Å²) in [6.07, 6.45) is 0. The van der Waals surface area contributed by atoms with Gasteiger partial charge in [0.2, 0.25) is 0 Å². The molecule has 0 aliphatic carbocycles. The van der Waals surface area contributed by atoms with Gasteiger partial charge in [0.05, 0.1) is 41.4 Å². The predicted octanol–water partition coefficient (Wildman–Crippen LogP) is 2.83. The highest BCUT2D eigenvalue weighted by Crippen LogP contribution is 2.34. The number of aromatic nitrogens is 3. The number of H-pyrrole nitrogens is 1. The van der Waals surface area contributed by atoms with Crippen molar-refractivity contribution in [2.24, 2.45) is 0 Å². The van der Waals surface area contributed by atoms with E-state index in [-0.39, 0.29) is 18.0 Å². The highest BCUT2D eigenvalue weighted by molar-refractivity contribution is 7.85. The fourth-order valence-electron chi connectivity index (χ4n) is 2.63. The molecule has 0 bridgehead atoms. The van der Waals surface area contributed by atoms with Crippen molar-refractivity contribution < 1.29 is 23.2 Å². The predicted molar refractivity (Wildman–Crippen MR) is 102 cm³/mol. The van der Waals surface area contributed by atoms with Crippen LogP contribution >= 0.6 is 0 Å². The number of carbonyl (C=O) groups excluding carboxylic acids is 1. The minimum absolute atomic E-state index is 0.0314. The third-order valence-corrected chi connectivity index (χ3v) is 5.40. The van der Waals surface area contributed by atoms with Crippen LogP contribution in [0.25, 0.3) is 11.3 Å². The van der Waals surface area contributed by atoms with Gasteiger partial charge < -0.3 is 14.2 Å². The molecular formula is C19H19N3O5S. The van der Waals surface area contributed by atoms with E-state index >= 15 is 0 Å². The molecule has 1 N–H and O–H groups in total. The van der Waals surface area contributed by atoms with Gasteiger partial charge in [0.25, 0.3) is 0 Å². The van der Waals surface area contributed by atoms with E-state index in [9.17, 15) is 9.00 Å². The van der Waals surface area contributed by atoms with Crippen LogP contribution in [-0.4, -0.2) is 46.4 Å². The van der Waals surface area contributed by atoms with Crippen molar-refractivity contribution in [3.05, 3.63) is 48.2 Å². The zero-order valence-corrected chi connectivity index (χ0v) is 16.4. The van der Waals surface area contributed by atoms with Crippen molar-refractivity contribution in [1.29, 1.82) is 0 Å². The van der Waals surface area contributed by atoms with Gasteiger partial charge in [-0.3, -0.25) is 0 Å². The van der Waals surface area contributed by atoms with Crippen LogP contribution in [0, 0.1) is 0 Å². The number of aromatic amines is 1. The second-order valence-corrected chi connectivity index (χ2v) is 6.94. The van der Waals surface area contributed by atoms with Gasteiger partial charge in [-0.15, -0.1) is 5.10 Å². The van der Waals surface area contributed by atoms with E-state index < -0.39 is 16.8 Å². The van der Waals surface area contributed by atoms with Crippen molar-refractivity contribution >= 4 is 16.8 Å². The van der Waals surface area contributed by atoms with Crippen molar-refractivity contribution in [1.82, 2.24) is 15.4 Å². The molecule has 1 atom stereocenters. The second-order valence-electron chi connectivity index (χ2n) is 5.52. The Kier molecular flexibility index (Phi) is 6.05. The van der Waals surface area contributed by atoms with Crippen molar-refractivity contribution in [2.45, 2.75) is 16.7 Å². The SMILES string of the molecule is CCOC(=O)c1n[nH]nc1-c1ccccc1S(=O)c1cc(OC)ccc1OC. The topological polar surface area (TPSA) is 103 Å². The van der Waals surface area contributed by atoms with E-state index in [4.69, 9.17) is 14.2 Å². The van der Waals surface area contributed by atoms with Crippen LogP contribution in [0.5, 0.6) is 11.5 Å². The second kappa shape index (κ2) is 8.66. The number of hydrogen-bond donors (Lipinski definition) is 1. The number of nitrogens with one attached hydrogen (secondary N) is 1. The summed E-state index contributed by atoms with van der Waals surface area (Å²) >= 11 is 0. The third kappa shape index (κ3) is 3.74. The van der Waals surface area contributed by atoms with Crippen LogP contribution in [0.2, 0.25) is 0 Å². The van der Waals surface area contributed by atoms with E-state index in [2.05, 4.69) is 15.4 Å². The van der Waals surface area contributed by atoms with E-state index in [0.29, 0.717) is 26.9 Å². The molecule has 9 heteroatoms. The number of methoxy groups -OCH3 is 2. The van der Waals surface area contributed by atoms with E-state index in [1.807, 2.05) is 0 Å². The Balaban J connectivity index is 2.11. The Morgan fingerprint density at radius 1 is 1.07 bits per heavy atom. The Morgan fingerprint density at radius 3 is 2.57 bits per heavy atom. The van der Waals surface area contributed by atoms with Gasteiger partial charge in [-0.1, -0.05) is 18.2 Å². The lowest BCUT2D eigenvalue weighted by Crippen LogP contribution is -2.07. The number of carbonyl (C=O) groups is 1. The number of rotatable bonds is 7. The van der Waals surface area contributed by atoms with Crippen molar-refractivity contribution in [3.63, 3.8) is 0 Å². The first-order valence-corrected chi connectivity index (χ1v) is 9.56. The molecule has 0 radical (unpaired) electrons. The lowest BCUT2D eigenvalue weighted by molar-refractivity contribution is 0.0520. The Morgan fingerprint density at radius 2 is 1.86 bits per heavy atom. The maximum atomic E-state index is 13.4. The molecule has 1 unspecified atom stereocenters. The number of hydrogen-bond acceptors (Lipinski definition) is 7. The maximum Gasteiger partial charge on any atom is 0.361 e. The minimum atomic E-state index is -1.63. The van der Waals surface area contributed by atoms with Crippen LogP contribution in [0.3, 0.4) is 0 Å². The Bertz CT molecular complexity index is 1020. The van der Waals surface area contributed by atoms with E-state index in [0.717, 1.165) is 0 Å². The summed E-state index contributed by atoms with van der Waals surface area (Å²) in [4.78, 5) is 13.1. The van der Waals surface area contributed by atoms with Crippen LogP contribution < -0.4 is 9.47 Å². The molecule has 0 spiro atoms. The molecule has 0 saturated heterocycles. The Labute approximate surface area is 164 Å².